The smallest absolute Gasteiger partial charge is 0.317 e. The number of rotatable bonds is 5. The number of amides is 2. The fourth-order valence-corrected chi connectivity index (χ4v) is 1.65. The van der Waals surface area contributed by atoms with Crippen LogP contribution in [-0.4, -0.2) is 29.8 Å². The van der Waals surface area contributed by atoms with Gasteiger partial charge in [-0.05, 0) is 6.42 Å². The monoisotopic (exact) mass is 223 g/mol. The first-order chi connectivity index (χ1) is 7.60. The number of carbonyl (C=O) groups is 2. The minimum Gasteiger partial charge on any atom is -0.351 e. The van der Waals surface area contributed by atoms with Crippen molar-refractivity contribution >= 4 is 11.8 Å². The molecule has 0 radical (unpaired) electrons. The average Bonchev–Trinajstić information content (AvgIpc) is 2.51. The van der Waals surface area contributed by atoms with E-state index in [9.17, 15) is 9.59 Å². The van der Waals surface area contributed by atoms with Crippen LogP contribution in [0.3, 0.4) is 0 Å². The number of primary amides is 1. The quantitative estimate of drug-likeness (QED) is 0.721. The number of allylic oxidation sites excluding steroid dienone is 1. The number of unbranched alkanes of at least 4 members (excludes halogenated alkanes) is 1. The molecule has 0 fully saturated rings. The highest BCUT2D eigenvalue weighted by Gasteiger charge is 2.28. The first-order valence-electron chi connectivity index (χ1n) is 5.31. The Morgan fingerprint density at radius 2 is 2.38 bits per heavy atom. The number of urea groups is 1. The summed E-state index contributed by atoms with van der Waals surface area (Å²) < 4.78 is 0. The highest BCUT2D eigenvalue weighted by atomic mass is 16.2. The summed E-state index contributed by atoms with van der Waals surface area (Å²) in [5.74, 6) is 0.454. The Morgan fingerprint density at radius 1 is 1.69 bits per heavy atom. The van der Waals surface area contributed by atoms with Crippen LogP contribution in [0.4, 0.5) is 4.79 Å². The maximum absolute atomic E-state index is 11.6. The number of ketones is 1. The van der Waals surface area contributed by atoms with Crippen molar-refractivity contribution < 1.29 is 9.59 Å². The highest BCUT2D eigenvalue weighted by Crippen LogP contribution is 2.19. The van der Waals surface area contributed by atoms with Crippen molar-refractivity contribution in [3.63, 3.8) is 0 Å². The molecule has 1 aliphatic rings. The van der Waals surface area contributed by atoms with E-state index in [1.165, 1.54) is 6.08 Å². The van der Waals surface area contributed by atoms with Gasteiger partial charge in [0, 0.05) is 6.54 Å². The van der Waals surface area contributed by atoms with E-state index in [1.54, 1.807) is 0 Å². The number of carbonyl (C=O) groups excluding carboxylic acids is 2. The van der Waals surface area contributed by atoms with Crippen LogP contribution in [0.25, 0.3) is 0 Å². The highest BCUT2D eigenvalue weighted by molar-refractivity contribution is 6.02. The molecular weight excluding hydrogens is 206 g/mol. The number of hydrogen-bond donors (Lipinski definition) is 2. The van der Waals surface area contributed by atoms with Gasteiger partial charge in [-0.1, -0.05) is 26.0 Å². The van der Waals surface area contributed by atoms with Crippen molar-refractivity contribution in [2.45, 2.75) is 19.8 Å². The Hall–Kier alpha value is -1.78. The summed E-state index contributed by atoms with van der Waals surface area (Å²) in [5.41, 5.74) is 5.51. The molecule has 0 saturated carbocycles. The molecule has 1 heterocycles. The van der Waals surface area contributed by atoms with Gasteiger partial charge in [0.2, 0.25) is 0 Å². The molecule has 0 bridgehead atoms. The Morgan fingerprint density at radius 3 is 2.88 bits per heavy atom. The van der Waals surface area contributed by atoms with Gasteiger partial charge in [-0.25, -0.2) is 4.79 Å². The van der Waals surface area contributed by atoms with Crippen LogP contribution in [0.2, 0.25) is 0 Å². The summed E-state index contributed by atoms with van der Waals surface area (Å²) in [6, 6.07) is -0.662. The van der Waals surface area contributed by atoms with Crippen molar-refractivity contribution in [1.29, 1.82) is 0 Å². The van der Waals surface area contributed by atoms with E-state index >= 15 is 0 Å². The van der Waals surface area contributed by atoms with Gasteiger partial charge in [0.25, 0.3) is 0 Å². The van der Waals surface area contributed by atoms with Crippen molar-refractivity contribution in [3.05, 3.63) is 24.0 Å². The van der Waals surface area contributed by atoms with Gasteiger partial charge >= 0.3 is 6.03 Å². The SMILES string of the molecule is C=CC1=C(NC(N)=O)N(CCCC)CC1=O. The third-order valence-electron chi connectivity index (χ3n) is 2.43. The average molecular weight is 223 g/mol. The van der Waals surface area contributed by atoms with Gasteiger partial charge in [0.1, 0.15) is 5.82 Å². The fourth-order valence-electron chi connectivity index (χ4n) is 1.65. The predicted molar refractivity (Wildman–Crippen MR) is 61.4 cm³/mol. The zero-order valence-electron chi connectivity index (χ0n) is 9.45. The summed E-state index contributed by atoms with van der Waals surface area (Å²) in [7, 11) is 0. The van der Waals surface area contributed by atoms with Crippen molar-refractivity contribution in [1.82, 2.24) is 10.2 Å². The van der Waals surface area contributed by atoms with E-state index in [0.29, 0.717) is 11.4 Å². The molecule has 0 saturated heterocycles. The molecule has 88 valence electrons. The molecule has 1 rings (SSSR count). The summed E-state index contributed by atoms with van der Waals surface area (Å²) >= 11 is 0. The lowest BCUT2D eigenvalue weighted by Gasteiger charge is -2.20. The van der Waals surface area contributed by atoms with Gasteiger partial charge < -0.3 is 10.6 Å². The second-order valence-electron chi connectivity index (χ2n) is 3.65. The first-order valence-corrected chi connectivity index (χ1v) is 5.31. The molecule has 16 heavy (non-hydrogen) atoms. The second kappa shape index (κ2) is 5.34. The second-order valence-corrected chi connectivity index (χ2v) is 3.65. The number of nitrogens with two attached hydrogens (primary N) is 1. The van der Waals surface area contributed by atoms with Gasteiger partial charge in [0.15, 0.2) is 5.78 Å². The Labute approximate surface area is 95.0 Å². The topological polar surface area (TPSA) is 75.4 Å². The normalized spacial score (nSPS) is 15.6. The van der Waals surface area contributed by atoms with Crippen LogP contribution in [0.1, 0.15) is 19.8 Å². The van der Waals surface area contributed by atoms with Gasteiger partial charge in [-0.15, -0.1) is 0 Å². The minimum absolute atomic E-state index is 0.0325. The molecule has 0 spiro atoms. The number of nitrogens with zero attached hydrogens (tertiary/aromatic N) is 1. The number of Topliss-reactive ketones (excluding diaryl/α,β-unsaturated/α-hetero) is 1. The maximum atomic E-state index is 11.6. The molecule has 0 atom stereocenters. The number of nitrogens with one attached hydrogen (secondary N) is 1. The lowest BCUT2D eigenvalue weighted by Crippen LogP contribution is -2.37. The van der Waals surface area contributed by atoms with Crippen LogP contribution < -0.4 is 11.1 Å². The lowest BCUT2D eigenvalue weighted by atomic mass is 10.2. The van der Waals surface area contributed by atoms with Gasteiger partial charge in [-0.2, -0.15) is 0 Å². The van der Waals surface area contributed by atoms with E-state index in [2.05, 4.69) is 18.8 Å². The van der Waals surface area contributed by atoms with Crippen molar-refractivity contribution in [2.24, 2.45) is 5.73 Å². The summed E-state index contributed by atoms with van der Waals surface area (Å²) in [4.78, 5) is 24.3. The molecule has 5 nitrogen and oxygen atoms in total. The first kappa shape index (κ1) is 12.3. The van der Waals surface area contributed by atoms with Crippen LogP contribution >= 0.6 is 0 Å². The third kappa shape index (κ3) is 2.62. The van der Waals surface area contributed by atoms with Crippen LogP contribution in [0.15, 0.2) is 24.0 Å². The van der Waals surface area contributed by atoms with Gasteiger partial charge in [-0.3, -0.25) is 10.1 Å². The molecular formula is C11H17N3O2. The molecule has 0 aromatic carbocycles. The van der Waals surface area contributed by atoms with E-state index in [4.69, 9.17) is 5.73 Å². The Bertz CT molecular complexity index is 347. The van der Waals surface area contributed by atoms with E-state index in [-0.39, 0.29) is 12.3 Å². The van der Waals surface area contributed by atoms with Crippen molar-refractivity contribution in [3.8, 4) is 0 Å². The number of hydrogen-bond acceptors (Lipinski definition) is 3. The van der Waals surface area contributed by atoms with E-state index in [1.807, 2.05) is 4.90 Å². The molecule has 2 amide bonds. The Balaban J connectivity index is 2.87. The van der Waals surface area contributed by atoms with Crippen molar-refractivity contribution in [2.75, 3.05) is 13.1 Å². The summed E-state index contributed by atoms with van der Waals surface area (Å²) in [6.07, 6.45) is 3.44. The maximum Gasteiger partial charge on any atom is 0.317 e. The van der Waals surface area contributed by atoms with E-state index in [0.717, 1.165) is 19.4 Å². The zero-order chi connectivity index (χ0) is 12.1. The van der Waals surface area contributed by atoms with E-state index < -0.39 is 6.03 Å². The van der Waals surface area contributed by atoms with Gasteiger partial charge in [0.05, 0.1) is 12.1 Å². The molecule has 0 aromatic rings. The largest absolute Gasteiger partial charge is 0.351 e. The molecule has 0 aliphatic carbocycles. The molecule has 1 aliphatic heterocycles. The molecule has 0 aromatic heterocycles. The summed E-state index contributed by atoms with van der Waals surface area (Å²) in [5, 5.41) is 2.48. The summed E-state index contributed by atoms with van der Waals surface area (Å²) in [6.45, 7) is 6.65. The molecule has 0 unspecified atom stereocenters. The standard InChI is InChI=1S/C11H17N3O2/c1-3-5-6-14-7-9(15)8(4-2)10(14)13-11(12)16/h4H,2-3,5-7H2,1H3,(H3,12,13,16). The minimum atomic E-state index is -0.662. The third-order valence-corrected chi connectivity index (χ3v) is 2.43. The molecule has 3 N–H and O–H groups in total. The lowest BCUT2D eigenvalue weighted by molar-refractivity contribution is -0.114. The van der Waals surface area contributed by atoms with Crippen LogP contribution in [0.5, 0.6) is 0 Å². The van der Waals surface area contributed by atoms with Crippen LogP contribution in [0, 0.1) is 0 Å². The van der Waals surface area contributed by atoms with Crippen LogP contribution in [-0.2, 0) is 4.79 Å². The zero-order valence-corrected chi connectivity index (χ0v) is 9.45. The predicted octanol–water partition coefficient (Wildman–Crippen LogP) is 0.737. The Kier molecular flexibility index (Phi) is 4.10. The fraction of sp³-hybridized carbons (Fsp3) is 0.455. The molecule has 5 heteroatoms.